The van der Waals surface area contributed by atoms with E-state index in [1.165, 1.54) is 117 Å². The Morgan fingerprint density at radius 2 is 0.432 bits per heavy atom. The summed E-state index contributed by atoms with van der Waals surface area (Å²) in [4.78, 5) is 10.5. The summed E-state index contributed by atoms with van der Waals surface area (Å²) >= 11 is 0. The maximum Gasteiger partial charge on any atom is 0.256 e. The van der Waals surface area contributed by atoms with Crippen LogP contribution in [0.25, 0.3) is 0 Å². The Hall–Kier alpha value is -9.59. The third-order valence-corrected chi connectivity index (χ3v) is 25.1. The van der Waals surface area contributed by atoms with E-state index in [1.807, 2.05) is 0 Å². The molecule has 6 nitrogen and oxygen atoms in total. The Morgan fingerprint density at radius 3 is 0.784 bits per heavy atom. The SMILES string of the molecule is CC(C)(C)c1ccc(N2c3cc4c(cc3B3c5cc(C(C)(C)C)ccc5Oc5cc(C(C)(C)C)cc2c53)B2c3cc5c(cc3N(c3ccc(C(C)(C)C)cc3)c3cc(C(C)(C)C)cc(c32)O4)N(c2ccc(C(C)(C)C)cc2)c2cc(C(C)(C)C)cc3c2B5c2cc(C(C)(C)C)ccc2N3c2ccc(C(C)(C)C)cc2)cc1. The highest BCUT2D eigenvalue weighted by molar-refractivity contribution is 7.04. The van der Waals surface area contributed by atoms with Crippen molar-refractivity contribution in [3.05, 3.63) is 244 Å². The van der Waals surface area contributed by atoms with Gasteiger partial charge in [0.05, 0.1) is 0 Å². The largest absolute Gasteiger partial charge is 0.458 e. The molecule has 6 aliphatic heterocycles. The number of nitrogens with zero attached hydrogens (tertiary/aromatic N) is 4. The maximum absolute atomic E-state index is 8.00. The average Bonchev–Trinajstić information content (AvgIpc) is 0.683. The highest BCUT2D eigenvalue weighted by Crippen LogP contribution is 2.53. The normalized spacial score (nSPS) is 15.0. The molecule has 0 unspecified atom stereocenters. The van der Waals surface area contributed by atoms with E-state index in [4.69, 9.17) is 9.47 Å². The molecule has 0 N–H and O–H groups in total. The molecule has 9 heteroatoms. The predicted octanol–water partition coefficient (Wildman–Crippen LogP) is 22.3. The summed E-state index contributed by atoms with van der Waals surface area (Å²) in [7, 11) is 0. The first kappa shape index (κ1) is 74.2. The molecular weight excluding hydrogens is 1350 g/mol. The van der Waals surface area contributed by atoms with Crippen LogP contribution in [0.15, 0.2) is 194 Å². The van der Waals surface area contributed by atoms with Gasteiger partial charge in [-0.25, -0.2) is 0 Å². The fourth-order valence-electron chi connectivity index (χ4n) is 18.3. The van der Waals surface area contributed by atoms with Crippen LogP contribution in [0.1, 0.15) is 237 Å². The van der Waals surface area contributed by atoms with E-state index in [9.17, 15) is 0 Å². The molecule has 562 valence electrons. The summed E-state index contributed by atoms with van der Waals surface area (Å²) < 4.78 is 15.4. The molecule has 6 heterocycles. The molecule has 0 spiro atoms. The highest BCUT2D eigenvalue weighted by atomic mass is 16.5. The molecule has 0 bridgehead atoms. The fraction of sp³-hybridized carbons (Fsp3) is 0.353. The van der Waals surface area contributed by atoms with Crippen molar-refractivity contribution in [2.75, 3.05) is 19.6 Å². The van der Waals surface area contributed by atoms with E-state index >= 15 is 0 Å². The third kappa shape index (κ3) is 12.2. The zero-order chi connectivity index (χ0) is 79.2. The maximum atomic E-state index is 8.00. The van der Waals surface area contributed by atoms with Gasteiger partial charge in [-0.2, -0.15) is 0 Å². The van der Waals surface area contributed by atoms with Crippen molar-refractivity contribution in [3.63, 3.8) is 0 Å². The van der Waals surface area contributed by atoms with Crippen molar-refractivity contribution < 1.29 is 9.47 Å². The summed E-state index contributed by atoms with van der Waals surface area (Å²) in [6.07, 6.45) is 0. The van der Waals surface area contributed by atoms with Gasteiger partial charge in [0.25, 0.3) is 20.1 Å². The standard InChI is InChI=1S/C102H113B3N4O2/c1-94(2,3)60-28-38-69(39-29-60)106-79-46-36-64(98(13,14)15)48-73(79)103-74-56-75-81(58-80(74)107(70-40-30-61(31-41-70)95(4,5)6)84-51-66(100(19,20)21)50-83(106)91(84)103)108(71-42-32-62(33-43-71)96(7,8)9)85-52-68(102(25,26)27)55-90-93(85)105(75)78-57-76-82(59-88(78)111-90)109(72-44-34-63(35-45-72)97(10,11)12)86-53-67(101(22,23)24)54-89-92(86)104(76)77-49-65(99(16,17)18)37-47-87(77)110-89/h28-59H,1-27H3. The number of ether oxygens (including phenoxy) is 2. The molecule has 17 rings (SSSR count). The van der Waals surface area contributed by atoms with Crippen LogP contribution < -0.4 is 78.2 Å². The Bertz CT molecular complexity index is 5670. The zero-order valence-corrected chi connectivity index (χ0v) is 71.3. The highest BCUT2D eigenvalue weighted by Gasteiger charge is 2.52. The lowest BCUT2D eigenvalue weighted by atomic mass is 9.29. The van der Waals surface area contributed by atoms with E-state index in [0.717, 1.165) is 74.0 Å². The molecular formula is C102H113B3N4O2. The van der Waals surface area contributed by atoms with Crippen molar-refractivity contribution in [2.45, 2.75) is 236 Å². The molecule has 0 fully saturated rings. The third-order valence-electron chi connectivity index (χ3n) is 25.1. The Kier molecular flexibility index (Phi) is 16.3. The van der Waals surface area contributed by atoms with Crippen LogP contribution in [0, 0.1) is 0 Å². The minimum atomic E-state index is -0.294. The van der Waals surface area contributed by atoms with E-state index in [2.05, 4.69) is 401 Å². The van der Waals surface area contributed by atoms with Crippen LogP contribution in [0.3, 0.4) is 0 Å². The lowest BCUT2D eigenvalue weighted by Crippen LogP contribution is -2.65. The molecule has 0 saturated carbocycles. The van der Waals surface area contributed by atoms with Gasteiger partial charge in [0.2, 0.25) is 0 Å². The fourth-order valence-corrected chi connectivity index (χ4v) is 18.3. The number of hydrogen-bond donors (Lipinski definition) is 0. The number of hydrogen-bond acceptors (Lipinski definition) is 6. The molecule has 0 saturated heterocycles. The second-order valence-corrected chi connectivity index (χ2v) is 42.5. The summed E-state index contributed by atoms with van der Waals surface area (Å²) in [6, 6.07) is 77.7. The minimum Gasteiger partial charge on any atom is -0.458 e. The molecule has 111 heavy (non-hydrogen) atoms. The second-order valence-electron chi connectivity index (χ2n) is 42.5. The van der Waals surface area contributed by atoms with Gasteiger partial charge >= 0.3 is 0 Å². The lowest BCUT2D eigenvalue weighted by Gasteiger charge is -2.47. The topological polar surface area (TPSA) is 31.4 Å². The van der Waals surface area contributed by atoms with Crippen molar-refractivity contribution in [1.29, 1.82) is 0 Å². The van der Waals surface area contributed by atoms with Crippen LogP contribution in [0.4, 0.5) is 68.2 Å². The molecule has 6 aliphatic rings. The number of fused-ring (bicyclic) bond motifs is 12. The summed E-state index contributed by atoms with van der Waals surface area (Å²) in [6.45, 7) is 62.5. The molecule has 11 aromatic rings. The van der Waals surface area contributed by atoms with Gasteiger partial charge in [-0.05, 0) is 251 Å². The van der Waals surface area contributed by atoms with Gasteiger partial charge < -0.3 is 29.1 Å². The van der Waals surface area contributed by atoms with Crippen LogP contribution in [0.5, 0.6) is 23.0 Å². The van der Waals surface area contributed by atoms with Gasteiger partial charge in [0.15, 0.2) is 0 Å². The molecule has 11 aromatic carbocycles. The van der Waals surface area contributed by atoms with E-state index in [1.54, 1.807) is 0 Å². The molecule has 0 amide bonds. The Morgan fingerprint density at radius 1 is 0.180 bits per heavy atom. The summed E-state index contributed by atoms with van der Waals surface area (Å²) in [5.41, 5.74) is 35.2. The smallest absolute Gasteiger partial charge is 0.256 e. The first-order chi connectivity index (χ1) is 51.7. The minimum absolute atomic E-state index is 0.0225. The zero-order valence-electron chi connectivity index (χ0n) is 71.3. The van der Waals surface area contributed by atoms with Crippen LogP contribution in [-0.2, 0) is 48.7 Å². The summed E-state index contributed by atoms with van der Waals surface area (Å²) in [5.74, 6) is 3.57. The van der Waals surface area contributed by atoms with Gasteiger partial charge in [-0.1, -0.05) is 272 Å². The Balaban J connectivity index is 1.02. The van der Waals surface area contributed by atoms with Crippen molar-refractivity contribution in [2.24, 2.45) is 0 Å². The molecule has 0 radical (unpaired) electrons. The molecule has 0 aliphatic carbocycles. The van der Waals surface area contributed by atoms with Gasteiger partial charge in [-0.3, -0.25) is 0 Å². The number of anilines is 12. The quantitative estimate of drug-likeness (QED) is 0.163. The lowest BCUT2D eigenvalue weighted by molar-refractivity contribution is 0.482. The van der Waals surface area contributed by atoms with Gasteiger partial charge in [-0.15, -0.1) is 0 Å². The van der Waals surface area contributed by atoms with Crippen molar-refractivity contribution in [1.82, 2.24) is 0 Å². The second kappa shape index (κ2) is 24.5. The first-order valence-electron chi connectivity index (χ1n) is 40.9. The van der Waals surface area contributed by atoms with Gasteiger partial charge in [0, 0.05) is 74.3 Å². The average molecular weight is 1460 g/mol. The Labute approximate surface area is 665 Å². The number of rotatable bonds is 4. The van der Waals surface area contributed by atoms with Crippen LogP contribution in [-0.4, -0.2) is 20.1 Å². The van der Waals surface area contributed by atoms with Crippen molar-refractivity contribution >= 4 is 138 Å². The van der Waals surface area contributed by atoms with E-state index < -0.39 is 0 Å². The van der Waals surface area contributed by atoms with E-state index in [-0.39, 0.29) is 68.9 Å². The first-order valence-corrected chi connectivity index (χ1v) is 40.9. The van der Waals surface area contributed by atoms with Crippen LogP contribution >= 0.6 is 0 Å². The van der Waals surface area contributed by atoms with Crippen LogP contribution in [0.2, 0.25) is 0 Å². The number of benzene rings is 11. The van der Waals surface area contributed by atoms with E-state index in [0.29, 0.717) is 0 Å². The predicted molar refractivity (Wildman–Crippen MR) is 480 cm³/mol. The van der Waals surface area contributed by atoms with Gasteiger partial charge in [0.1, 0.15) is 23.0 Å². The summed E-state index contributed by atoms with van der Waals surface area (Å²) in [5, 5.41) is 0. The monoisotopic (exact) mass is 1460 g/mol. The molecule has 0 aromatic heterocycles. The molecule has 0 atom stereocenters. The van der Waals surface area contributed by atoms with Crippen molar-refractivity contribution in [3.8, 4) is 23.0 Å².